The molecule has 1 aromatic rings. The maximum absolute atomic E-state index is 12.9. The van der Waals surface area contributed by atoms with E-state index in [0.717, 1.165) is 5.56 Å². The molecule has 1 aromatic carbocycles. The smallest absolute Gasteiger partial charge is 0.408 e. The van der Waals surface area contributed by atoms with Crippen molar-refractivity contribution in [2.75, 3.05) is 13.1 Å². The third-order valence-electron chi connectivity index (χ3n) is 2.80. The molecule has 0 atom stereocenters. The van der Waals surface area contributed by atoms with E-state index in [0.29, 0.717) is 13.1 Å². The quantitative estimate of drug-likeness (QED) is 0.909. The molecule has 2 amide bonds. The minimum Gasteiger partial charge on any atom is -0.444 e. The molecule has 0 unspecified atom stereocenters. The number of hydrogen-bond acceptors (Lipinski definition) is 3. The van der Waals surface area contributed by atoms with Crippen LogP contribution >= 0.6 is 0 Å². The van der Waals surface area contributed by atoms with Crippen LogP contribution in [0, 0.1) is 5.82 Å². The average Bonchev–Trinajstić information content (AvgIpc) is 2.42. The average molecular weight is 310 g/mol. The normalized spacial score (nSPS) is 11.0. The van der Waals surface area contributed by atoms with Crippen LogP contribution in [-0.2, 0) is 16.1 Å². The van der Waals surface area contributed by atoms with Crippen LogP contribution in [0.5, 0.6) is 0 Å². The number of nitrogens with zero attached hydrogens (tertiary/aromatic N) is 1. The number of nitrogens with one attached hydrogen (secondary N) is 1. The van der Waals surface area contributed by atoms with Crippen LogP contribution in [0.2, 0.25) is 0 Å². The molecule has 6 heteroatoms. The number of ether oxygens (including phenoxy) is 1. The molecular formula is C16H23FN2O3. The maximum atomic E-state index is 12.9. The number of alkyl carbamates (subject to hydrolysis) is 1. The summed E-state index contributed by atoms with van der Waals surface area (Å²) in [5.41, 5.74) is 0.222. The second kappa shape index (κ2) is 7.77. The largest absolute Gasteiger partial charge is 0.444 e. The van der Waals surface area contributed by atoms with Gasteiger partial charge in [-0.2, -0.15) is 0 Å². The molecule has 0 aliphatic heterocycles. The van der Waals surface area contributed by atoms with Gasteiger partial charge in [-0.15, -0.1) is 0 Å². The summed E-state index contributed by atoms with van der Waals surface area (Å²) in [5.74, 6) is -0.539. The van der Waals surface area contributed by atoms with E-state index in [2.05, 4.69) is 5.32 Å². The number of halogens is 1. The number of carbonyl (C=O) groups excluding carboxylic acids is 2. The summed E-state index contributed by atoms with van der Waals surface area (Å²) in [6, 6.07) is 5.97. The highest BCUT2D eigenvalue weighted by molar-refractivity contribution is 5.82. The summed E-state index contributed by atoms with van der Waals surface area (Å²) >= 11 is 0. The fourth-order valence-corrected chi connectivity index (χ4v) is 1.76. The Labute approximate surface area is 130 Å². The molecule has 0 fully saturated rings. The Morgan fingerprint density at radius 3 is 2.32 bits per heavy atom. The van der Waals surface area contributed by atoms with Crippen LogP contribution < -0.4 is 5.32 Å². The van der Waals surface area contributed by atoms with E-state index in [-0.39, 0.29) is 18.3 Å². The summed E-state index contributed by atoms with van der Waals surface area (Å²) in [5, 5.41) is 2.44. The van der Waals surface area contributed by atoms with Crippen molar-refractivity contribution < 1.29 is 18.7 Å². The summed E-state index contributed by atoms with van der Waals surface area (Å²) in [7, 11) is 0. The lowest BCUT2D eigenvalue weighted by molar-refractivity contribution is -0.130. The third kappa shape index (κ3) is 6.56. The fourth-order valence-electron chi connectivity index (χ4n) is 1.76. The van der Waals surface area contributed by atoms with Crippen molar-refractivity contribution in [1.29, 1.82) is 0 Å². The Balaban J connectivity index is 2.51. The molecule has 1 rings (SSSR count). The van der Waals surface area contributed by atoms with Gasteiger partial charge in [-0.3, -0.25) is 4.79 Å². The van der Waals surface area contributed by atoms with Gasteiger partial charge in [0, 0.05) is 13.1 Å². The molecule has 0 spiro atoms. The lowest BCUT2D eigenvalue weighted by Crippen LogP contribution is -2.41. The predicted octanol–water partition coefficient (Wildman–Crippen LogP) is 2.70. The summed E-state index contributed by atoms with van der Waals surface area (Å²) < 4.78 is 17.9. The molecule has 1 N–H and O–H groups in total. The second-order valence-electron chi connectivity index (χ2n) is 5.89. The van der Waals surface area contributed by atoms with Gasteiger partial charge in [0.15, 0.2) is 0 Å². The Morgan fingerprint density at radius 2 is 1.82 bits per heavy atom. The van der Waals surface area contributed by atoms with Gasteiger partial charge >= 0.3 is 6.09 Å². The molecule has 0 saturated carbocycles. The lowest BCUT2D eigenvalue weighted by atomic mass is 10.2. The molecule has 0 aliphatic rings. The number of hydrogen-bond donors (Lipinski definition) is 1. The first-order valence-electron chi connectivity index (χ1n) is 7.20. The topological polar surface area (TPSA) is 58.6 Å². The Kier molecular flexibility index (Phi) is 6.34. The van der Waals surface area contributed by atoms with E-state index in [1.54, 1.807) is 37.8 Å². The fraction of sp³-hybridized carbons (Fsp3) is 0.500. The number of amides is 2. The van der Waals surface area contributed by atoms with Crippen LogP contribution in [0.1, 0.15) is 33.3 Å². The summed E-state index contributed by atoms with van der Waals surface area (Å²) in [4.78, 5) is 25.2. The Morgan fingerprint density at radius 1 is 1.23 bits per heavy atom. The van der Waals surface area contributed by atoms with Crippen molar-refractivity contribution in [2.24, 2.45) is 0 Å². The van der Waals surface area contributed by atoms with Crippen molar-refractivity contribution >= 4 is 12.0 Å². The van der Waals surface area contributed by atoms with Gasteiger partial charge in [0.2, 0.25) is 5.91 Å². The Hall–Kier alpha value is -2.11. The molecule has 0 radical (unpaired) electrons. The van der Waals surface area contributed by atoms with Gasteiger partial charge in [0.25, 0.3) is 0 Å². The highest BCUT2D eigenvalue weighted by Crippen LogP contribution is 2.08. The van der Waals surface area contributed by atoms with Crippen molar-refractivity contribution in [3.8, 4) is 0 Å². The first-order chi connectivity index (χ1) is 10.2. The van der Waals surface area contributed by atoms with Gasteiger partial charge in [-0.25, -0.2) is 9.18 Å². The molecule has 122 valence electrons. The first kappa shape index (κ1) is 17.9. The van der Waals surface area contributed by atoms with Gasteiger partial charge in [0.1, 0.15) is 18.0 Å². The number of carbonyl (C=O) groups is 2. The highest BCUT2D eigenvalue weighted by atomic mass is 19.1. The summed E-state index contributed by atoms with van der Waals surface area (Å²) in [6.07, 6.45) is -0.626. The zero-order chi connectivity index (χ0) is 16.8. The molecule has 0 bridgehead atoms. The zero-order valence-corrected chi connectivity index (χ0v) is 13.5. The molecule has 0 aromatic heterocycles. The number of likely N-dealkylation sites (N-methyl/N-ethyl adjacent to an activating group) is 1. The predicted molar refractivity (Wildman–Crippen MR) is 81.7 cm³/mol. The highest BCUT2D eigenvalue weighted by Gasteiger charge is 2.18. The monoisotopic (exact) mass is 310 g/mol. The third-order valence-corrected chi connectivity index (χ3v) is 2.80. The molecule has 5 nitrogen and oxygen atoms in total. The standard InChI is InChI=1S/C16H23FN2O3/c1-5-19(11-12-6-8-13(17)9-7-12)14(20)10-18-15(21)22-16(2,3)4/h6-9H,5,10-11H2,1-4H3,(H,18,21). The van der Waals surface area contributed by atoms with E-state index >= 15 is 0 Å². The minimum absolute atomic E-state index is 0.135. The van der Waals surface area contributed by atoms with Crippen LogP contribution in [0.3, 0.4) is 0 Å². The van der Waals surface area contributed by atoms with Crippen molar-refractivity contribution in [1.82, 2.24) is 10.2 Å². The van der Waals surface area contributed by atoms with E-state index < -0.39 is 11.7 Å². The number of benzene rings is 1. The van der Waals surface area contributed by atoms with Gasteiger partial charge in [-0.1, -0.05) is 12.1 Å². The van der Waals surface area contributed by atoms with Crippen molar-refractivity contribution in [3.05, 3.63) is 35.6 Å². The van der Waals surface area contributed by atoms with Gasteiger partial charge in [-0.05, 0) is 45.4 Å². The number of rotatable bonds is 5. The molecule has 0 saturated heterocycles. The Bertz CT molecular complexity index is 509. The lowest BCUT2D eigenvalue weighted by Gasteiger charge is -2.23. The second-order valence-corrected chi connectivity index (χ2v) is 5.89. The van der Waals surface area contributed by atoms with E-state index in [1.165, 1.54) is 12.1 Å². The van der Waals surface area contributed by atoms with E-state index in [4.69, 9.17) is 4.74 Å². The van der Waals surface area contributed by atoms with Gasteiger partial charge < -0.3 is 15.0 Å². The maximum Gasteiger partial charge on any atom is 0.408 e. The molecule has 22 heavy (non-hydrogen) atoms. The van der Waals surface area contributed by atoms with Crippen molar-refractivity contribution in [2.45, 2.75) is 39.8 Å². The van der Waals surface area contributed by atoms with Crippen LogP contribution in [0.25, 0.3) is 0 Å². The minimum atomic E-state index is -0.626. The van der Waals surface area contributed by atoms with Gasteiger partial charge in [0.05, 0.1) is 0 Å². The summed E-state index contributed by atoms with van der Waals surface area (Å²) in [6.45, 7) is 7.82. The van der Waals surface area contributed by atoms with Crippen LogP contribution in [0.4, 0.5) is 9.18 Å². The zero-order valence-electron chi connectivity index (χ0n) is 13.5. The molecule has 0 aliphatic carbocycles. The van der Waals surface area contributed by atoms with E-state index in [1.807, 2.05) is 6.92 Å². The first-order valence-corrected chi connectivity index (χ1v) is 7.20. The van der Waals surface area contributed by atoms with Crippen LogP contribution in [-0.4, -0.2) is 35.6 Å². The van der Waals surface area contributed by atoms with Crippen LogP contribution in [0.15, 0.2) is 24.3 Å². The molecular weight excluding hydrogens is 287 g/mol. The van der Waals surface area contributed by atoms with E-state index in [9.17, 15) is 14.0 Å². The molecule has 0 heterocycles. The van der Waals surface area contributed by atoms with Crippen molar-refractivity contribution in [3.63, 3.8) is 0 Å². The SMILES string of the molecule is CCN(Cc1ccc(F)cc1)C(=O)CNC(=O)OC(C)(C)C.